The minimum Gasteiger partial charge on any atom is -0.314 e. The van der Waals surface area contributed by atoms with Gasteiger partial charge in [-0.25, -0.2) is 0 Å². The molecule has 19 heavy (non-hydrogen) atoms. The summed E-state index contributed by atoms with van der Waals surface area (Å²) in [4.78, 5) is 1.42. The maximum absolute atomic E-state index is 6.07. The summed E-state index contributed by atoms with van der Waals surface area (Å²) in [5.74, 6) is 0. The molecule has 0 aliphatic carbocycles. The molecule has 0 saturated carbocycles. The van der Waals surface area contributed by atoms with Crippen LogP contribution in [0.15, 0.2) is 12.1 Å². The van der Waals surface area contributed by atoms with Crippen LogP contribution in [-0.4, -0.2) is 12.6 Å². The van der Waals surface area contributed by atoms with Crippen LogP contribution in [0.3, 0.4) is 0 Å². The Balaban J connectivity index is 2.75. The molecule has 0 fully saturated rings. The van der Waals surface area contributed by atoms with E-state index in [1.165, 1.54) is 30.6 Å². The van der Waals surface area contributed by atoms with Crippen LogP contribution in [0.2, 0.25) is 4.34 Å². The van der Waals surface area contributed by atoms with E-state index >= 15 is 0 Å². The molecule has 1 unspecified atom stereocenters. The summed E-state index contributed by atoms with van der Waals surface area (Å²) in [6.07, 6.45) is 6.26. The van der Waals surface area contributed by atoms with E-state index in [0.717, 1.165) is 17.3 Å². The summed E-state index contributed by atoms with van der Waals surface area (Å²) >= 11 is 7.80. The normalized spacial score (nSPS) is 14.8. The van der Waals surface area contributed by atoms with Crippen molar-refractivity contribution in [3.63, 3.8) is 0 Å². The lowest BCUT2D eigenvalue weighted by Crippen LogP contribution is -2.38. The van der Waals surface area contributed by atoms with Crippen molar-refractivity contribution in [3.8, 4) is 0 Å². The Labute approximate surface area is 127 Å². The highest BCUT2D eigenvalue weighted by atomic mass is 35.5. The van der Waals surface area contributed by atoms with Gasteiger partial charge < -0.3 is 5.32 Å². The fourth-order valence-electron chi connectivity index (χ4n) is 2.45. The molecular formula is C16H28ClNS. The molecule has 1 aromatic rings. The number of nitrogens with one attached hydrogen (secondary N) is 1. The summed E-state index contributed by atoms with van der Waals surface area (Å²) in [6.45, 7) is 10.2. The largest absolute Gasteiger partial charge is 0.314 e. The highest BCUT2D eigenvalue weighted by Crippen LogP contribution is 2.35. The average Bonchev–Trinajstić information content (AvgIpc) is 2.78. The zero-order valence-corrected chi connectivity index (χ0v) is 14.3. The van der Waals surface area contributed by atoms with Gasteiger partial charge >= 0.3 is 0 Å². The average molecular weight is 302 g/mol. The second-order valence-electron chi connectivity index (χ2n) is 5.88. The summed E-state index contributed by atoms with van der Waals surface area (Å²) in [5, 5.41) is 3.64. The van der Waals surface area contributed by atoms with Gasteiger partial charge in [0.15, 0.2) is 0 Å². The first-order valence-electron chi connectivity index (χ1n) is 7.49. The predicted molar refractivity (Wildman–Crippen MR) is 88.4 cm³/mol. The lowest BCUT2D eigenvalue weighted by Gasteiger charge is -2.34. The molecule has 1 nitrogen and oxygen atoms in total. The fourth-order valence-corrected chi connectivity index (χ4v) is 3.72. The first-order chi connectivity index (χ1) is 9.01. The molecule has 0 spiro atoms. The number of hydrogen-bond donors (Lipinski definition) is 1. The Morgan fingerprint density at radius 1 is 1.32 bits per heavy atom. The topological polar surface area (TPSA) is 12.0 Å². The van der Waals surface area contributed by atoms with Crippen LogP contribution in [-0.2, 0) is 6.42 Å². The third kappa shape index (κ3) is 5.85. The highest BCUT2D eigenvalue weighted by Gasteiger charge is 2.28. The number of halogens is 1. The molecule has 1 atom stereocenters. The Morgan fingerprint density at radius 3 is 2.53 bits per heavy atom. The zero-order chi connectivity index (χ0) is 14.3. The molecule has 0 aromatic carbocycles. The standard InChI is InChI=1S/C16H28ClNS/c1-5-7-10-16(6-2,12-18-13(3)4)11-14-8-9-15(17)19-14/h8-9,13,18H,5-7,10-12H2,1-4H3. The monoisotopic (exact) mass is 301 g/mol. The van der Waals surface area contributed by atoms with E-state index in [-0.39, 0.29) is 0 Å². The quantitative estimate of drug-likeness (QED) is 0.632. The van der Waals surface area contributed by atoms with Gasteiger partial charge in [-0.2, -0.15) is 0 Å². The van der Waals surface area contributed by atoms with E-state index < -0.39 is 0 Å². The van der Waals surface area contributed by atoms with Gasteiger partial charge in [-0.05, 0) is 36.8 Å². The minimum atomic E-state index is 0.383. The minimum absolute atomic E-state index is 0.383. The summed E-state index contributed by atoms with van der Waals surface area (Å²) in [5.41, 5.74) is 0.383. The van der Waals surface area contributed by atoms with E-state index in [2.05, 4.69) is 39.1 Å². The Bertz CT molecular complexity index is 361. The lowest BCUT2D eigenvalue weighted by molar-refractivity contribution is 0.224. The molecule has 0 radical (unpaired) electrons. The summed E-state index contributed by atoms with van der Waals surface area (Å²) in [6, 6.07) is 4.77. The number of thiophene rings is 1. The molecule has 110 valence electrons. The van der Waals surface area contributed by atoms with Crippen LogP contribution in [0.5, 0.6) is 0 Å². The van der Waals surface area contributed by atoms with Gasteiger partial charge in [0.1, 0.15) is 0 Å². The predicted octanol–water partition coefficient (Wildman–Crippen LogP) is 5.53. The van der Waals surface area contributed by atoms with Crippen molar-refractivity contribution < 1.29 is 0 Å². The number of hydrogen-bond acceptors (Lipinski definition) is 2. The third-order valence-corrected chi connectivity index (χ3v) is 5.11. The van der Waals surface area contributed by atoms with Crippen LogP contribution < -0.4 is 5.32 Å². The van der Waals surface area contributed by atoms with Gasteiger partial charge in [-0.15, -0.1) is 11.3 Å². The van der Waals surface area contributed by atoms with E-state index in [4.69, 9.17) is 11.6 Å². The Kier molecular flexibility index (Phi) is 7.41. The molecule has 1 N–H and O–H groups in total. The van der Waals surface area contributed by atoms with E-state index in [9.17, 15) is 0 Å². The van der Waals surface area contributed by atoms with Crippen LogP contribution in [0.4, 0.5) is 0 Å². The van der Waals surface area contributed by atoms with Crippen molar-refractivity contribution in [1.29, 1.82) is 0 Å². The molecule has 1 rings (SSSR count). The number of unbranched alkanes of at least 4 members (excludes halogenated alkanes) is 1. The molecule has 1 heterocycles. The molecule has 0 aliphatic heterocycles. The van der Waals surface area contributed by atoms with E-state index in [1.807, 2.05) is 6.07 Å². The van der Waals surface area contributed by atoms with Gasteiger partial charge in [0.2, 0.25) is 0 Å². The second-order valence-corrected chi connectivity index (χ2v) is 7.67. The molecular weight excluding hydrogens is 274 g/mol. The second kappa shape index (κ2) is 8.28. The van der Waals surface area contributed by atoms with Crippen molar-refractivity contribution in [2.24, 2.45) is 5.41 Å². The van der Waals surface area contributed by atoms with Crippen molar-refractivity contribution in [1.82, 2.24) is 5.32 Å². The third-order valence-electron chi connectivity index (χ3n) is 3.87. The van der Waals surface area contributed by atoms with E-state index in [0.29, 0.717) is 11.5 Å². The lowest BCUT2D eigenvalue weighted by atomic mass is 9.76. The SMILES string of the molecule is CCCCC(CC)(CNC(C)C)Cc1ccc(Cl)s1. The van der Waals surface area contributed by atoms with Crippen molar-refractivity contribution in [2.45, 2.75) is 65.8 Å². The molecule has 0 aliphatic rings. The van der Waals surface area contributed by atoms with Crippen LogP contribution >= 0.6 is 22.9 Å². The van der Waals surface area contributed by atoms with Crippen LogP contribution in [0.1, 0.15) is 58.3 Å². The first-order valence-corrected chi connectivity index (χ1v) is 8.68. The summed E-state index contributed by atoms with van der Waals surface area (Å²) < 4.78 is 0.910. The van der Waals surface area contributed by atoms with Gasteiger partial charge in [-0.1, -0.05) is 52.1 Å². The van der Waals surface area contributed by atoms with E-state index in [1.54, 1.807) is 11.3 Å². The molecule has 0 amide bonds. The van der Waals surface area contributed by atoms with Gasteiger partial charge in [0.25, 0.3) is 0 Å². The fraction of sp³-hybridized carbons (Fsp3) is 0.750. The zero-order valence-electron chi connectivity index (χ0n) is 12.8. The van der Waals surface area contributed by atoms with Gasteiger partial charge in [0, 0.05) is 17.5 Å². The van der Waals surface area contributed by atoms with Crippen LogP contribution in [0.25, 0.3) is 0 Å². The Hall–Kier alpha value is -0.0500. The van der Waals surface area contributed by atoms with Crippen molar-refractivity contribution >= 4 is 22.9 Å². The molecule has 1 aromatic heterocycles. The van der Waals surface area contributed by atoms with Crippen LogP contribution in [0, 0.1) is 5.41 Å². The van der Waals surface area contributed by atoms with Gasteiger partial charge in [0.05, 0.1) is 4.34 Å². The maximum Gasteiger partial charge on any atom is 0.0931 e. The maximum atomic E-state index is 6.07. The smallest absolute Gasteiger partial charge is 0.0931 e. The Morgan fingerprint density at radius 2 is 2.05 bits per heavy atom. The first kappa shape index (κ1) is 17.0. The van der Waals surface area contributed by atoms with Crippen molar-refractivity contribution in [2.75, 3.05) is 6.54 Å². The number of rotatable bonds is 9. The summed E-state index contributed by atoms with van der Waals surface area (Å²) in [7, 11) is 0. The van der Waals surface area contributed by atoms with Crippen molar-refractivity contribution in [3.05, 3.63) is 21.3 Å². The molecule has 0 bridgehead atoms. The molecule has 3 heteroatoms. The highest BCUT2D eigenvalue weighted by molar-refractivity contribution is 7.16. The molecule has 0 saturated heterocycles. The van der Waals surface area contributed by atoms with Gasteiger partial charge in [-0.3, -0.25) is 0 Å².